The number of carbonyl (C=O) groups is 3. The molecule has 0 saturated carbocycles. The van der Waals surface area contributed by atoms with Crippen LogP contribution in [0.3, 0.4) is 0 Å². The van der Waals surface area contributed by atoms with Crippen molar-refractivity contribution in [2.75, 3.05) is 5.73 Å². The summed E-state index contributed by atoms with van der Waals surface area (Å²) in [7, 11) is 0. The third kappa shape index (κ3) is 2.19. The highest BCUT2D eigenvalue weighted by Crippen LogP contribution is 2.49. The molecule has 0 fully saturated rings. The van der Waals surface area contributed by atoms with Crippen LogP contribution in [0.5, 0.6) is 5.75 Å². The van der Waals surface area contributed by atoms with E-state index in [9.17, 15) is 29.7 Å². The smallest absolute Gasteiger partial charge is 0.255 e. The van der Waals surface area contributed by atoms with Crippen LogP contribution in [0.15, 0.2) is 34.8 Å². The highest BCUT2D eigenvalue weighted by atomic mass is 16.3. The zero-order valence-corrected chi connectivity index (χ0v) is 14.7. The number of fused-ring (bicyclic) bond motifs is 3. The normalized spacial score (nSPS) is 29.3. The van der Waals surface area contributed by atoms with Crippen LogP contribution in [0.1, 0.15) is 22.3 Å². The molecular weight excluding hydrogens is 366 g/mol. The van der Waals surface area contributed by atoms with Gasteiger partial charge in [-0.05, 0) is 42.4 Å². The van der Waals surface area contributed by atoms with E-state index < -0.39 is 58.4 Å². The van der Waals surface area contributed by atoms with Gasteiger partial charge in [0.25, 0.3) is 5.91 Å². The summed E-state index contributed by atoms with van der Waals surface area (Å²) < 4.78 is 0. The Morgan fingerprint density at radius 2 is 1.79 bits per heavy atom. The Hall–Kier alpha value is -3.33. The van der Waals surface area contributed by atoms with Crippen molar-refractivity contribution >= 4 is 23.2 Å². The maximum absolute atomic E-state index is 13.0. The quantitative estimate of drug-likeness (QED) is 0.221. The first-order chi connectivity index (χ1) is 13.1. The molecule has 1 aromatic carbocycles. The molecular formula is C19H19N3O6. The molecule has 3 aliphatic rings. The van der Waals surface area contributed by atoms with Gasteiger partial charge < -0.3 is 32.5 Å². The molecule has 0 aliphatic heterocycles. The zero-order chi connectivity index (χ0) is 20.5. The molecule has 9 nitrogen and oxygen atoms in total. The Balaban J connectivity index is 1.90. The molecule has 0 aromatic heterocycles. The first-order valence-electron chi connectivity index (χ1n) is 8.75. The Kier molecular flexibility index (Phi) is 3.76. The number of aliphatic hydroxyl groups excluding tert-OH is 2. The molecule has 1 amide bonds. The monoisotopic (exact) mass is 385 g/mol. The number of nitrogen functional groups attached to an aromatic ring is 1. The van der Waals surface area contributed by atoms with Crippen molar-refractivity contribution in [2.45, 2.75) is 18.9 Å². The fraction of sp³-hybridized carbons (Fsp3) is 0.316. The van der Waals surface area contributed by atoms with Crippen molar-refractivity contribution in [1.82, 2.24) is 0 Å². The molecule has 1 aromatic rings. The summed E-state index contributed by atoms with van der Waals surface area (Å²) in [6.07, 6.45) is 0.478. The van der Waals surface area contributed by atoms with Crippen LogP contribution in [0.4, 0.5) is 5.69 Å². The van der Waals surface area contributed by atoms with E-state index in [1.54, 1.807) is 0 Å². The van der Waals surface area contributed by atoms with Gasteiger partial charge in [0.2, 0.25) is 0 Å². The van der Waals surface area contributed by atoms with E-state index in [0.29, 0.717) is 11.3 Å². The molecule has 0 radical (unpaired) electrons. The maximum atomic E-state index is 13.0. The van der Waals surface area contributed by atoms with E-state index in [1.165, 1.54) is 12.1 Å². The van der Waals surface area contributed by atoms with Crippen molar-refractivity contribution in [2.24, 2.45) is 29.2 Å². The lowest BCUT2D eigenvalue weighted by atomic mass is 9.61. The number of Topliss-reactive ketones (excluding diaryl/α,β-unsaturated/α-hetero) is 2. The SMILES string of the molecule is NC(=O)C1=C(O)[C@@H](N)C2CC3Cc4c(N)ccc(O)c4C(=O)C3=C(O)C2C1=O. The lowest BCUT2D eigenvalue weighted by molar-refractivity contribution is -0.126. The number of primary amides is 1. The lowest BCUT2D eigenvalue weighted by Crippen LogP contribution is -2.52. The first kappa shape index (κ1) is 18.1. The minimum atomic E-state index is -1.26. The lowest BCUT2D eigenvalue weighted by Gasteiger charge is -2.43. The average molecular weight is 385 g/mol. The van der Waals surface area contributed by atoms with E-state index in [4.69, 9.17) is 17.2 Å². The second kappa shape index (κ2) is 5.83. The minimum absolute atomic E-state index is 0.000380. The van der Waals surface area contributed by atoms with Crippen LogP contribution < -0.4 is 17.2 Å². The Labute approximate surface area is 159 Å². The number of rotatable bonds is 1. The Morgan fingerprint density at radius 1 is 1.11 bits per heavy atom. The minimum Gasteiger partial charge on any atom is -0.511 e. The number of aliphatic hydroxyl groups is 2. The summed E-state index contributed by atoms with van der Waals surface area (Å²) in [4.78, 5) is 37.4. The second-order valence-corrected chi connectivity index (χ2v) is 7.45. The molecule has 0 heterocycles. The summed E-state index contributed by atoms with van der Waals surface area (Å²) in [5.74, 6) is -6.46. The molecule has 146 valence electrons. The largest absolute Gasteiger partial charge is 0.511 e. The number of carbonyl (C=O) groups excluding carboxylic acids is 3. The number of hydrogen-bond acceptors (Lipinski definition) is 8. The van der Waals surface area contributed by atoms with Crippen molar-refractivity contribution in [3.05, 3.63) is 45.9 Å². The Morgan fingerprint density at radius 3 is 2.43 bits per heavy atom. The van der Waals surface area contributed by atoms with Crippen LogP contribution in [-0.4, -0.2) is 38.8 Å². The van der Waals surface area contributed by atoms with E-state index >= 15 is 0 Å². The summed E-state index contributed by atoms with van der Waals surface area (Å²) in [6.45, 7) is 0. The van der Waals surface area contributed by atoms with Crippen LogP contribution in [0.25, 0.3) is 0 Å². The maximum Gasteiger partial charge on any atom is 0.255 e. The number of hydrogen-bond donors (Lipinski definition) is 6. The van der Waals surface area contributed by atoms with Crippen LogP contribution in [0.2, 0.25) is 0 Å². The van der Waals surface area contributed by atoms with Crippen LogP contribution in [0, 0.1) is 17.8 Å². The molecule has 4 atom stereocenters. The van der Waals surface area contributed by atoms with E-state index in [2.05, 4.69) is 0 Å². The van der Waals surface area contributed by atoms with Gasteiger partial charge in [0.1, 0.15) is 22.8 Å². The average Bonchev–Trinajstić information content (AvgIpc) is 2.62. The van der Waals surface area contributed by atoms with Crippen molar-refractivity contribution in [3.63, 3.8) is 0 Å². The number of nitrogens with two attached hydrogens (primary N) is 3. The number of aromatic hydroxyl groups is 1. The van der Waals surface area contributed by atoms with Gasteiger partial charge in [0.15, 0.2) is 11.6 Å². The van der Waals surface area contributed by atoms with Gasteiger partial charge in [0, 0.05) is 11.3 Å². The molecule has 3 unspecified atom stereocenters. The van der Waals surface area contributed by atoms with Crippen molar-refractivity contribution in [3.8, 4) is 5.75 Å². The second-order valence-electron chi connectivity index (χ2n) is 7.45. The molecule has 28 heavy (non-hydrogen) atoms. The standard InChI is InChI=1S/C19H19N3O6/c20-8-1-2-9(23)11-6(8)3-5-4-7-12(16(25)10(5)15(11)24)17(26)13(19(22)28)18(27)14(7)21/h1-2,5,7,12,14,23,25,27H,3-4,20-21H2,(H2,22,28)/t5?,7?,12?,14-/m0/s1. The number of anilines is 1. The van der Waals surface area contributed by atoms with Crippen molar-refractivity contribution < 1.29 is 29.7 Å². The predicted octanol–water partition coefficient (Wildman–Crippen LogP) is -0.0150. The first-order valence-corrected chi connectivity index (χ1v) is 8.75. The van der Waals surface area contributed by atoms with Gasteiger partial charge in [-0.1, -0.05) is 0 Å². The number of phenolic OH excluding ortho intramolecular Hbond substituents is 1. The third-order valence-electron chi connectivity index (χ3n) is 6.02. The number of allylic oxidation sites excluding steroid dienone is 2. The summed E-state index contributed by atoms with van der Waals surface area (Å²) >= 11 is 0. The van der Waals surface area contributed by atoms with Gasteiger partial charge in [-0.3, -0.25) is 14.4 Å². The summed E-state index contributed by atoms with van der Waals surface area (Å²) in [6, 6.07) is 1.70. The van der Waals surface area contributed by atoms with Crippen LogP contribution in [-0.2, 0) is 16.0 Å². The van der Waals surface area contributed by atoms with Crippen LogP contribution >= 0.6 is 0 Å². The van der Waals surface area contributed by atoms with Gasteiger partial charge in [0.05, 0.1) is 17.5 Å². The summed E-state index contributed by atoms with van der Waals surface area (Å²) in [5.41, 5.74) is 17.3. The highest BCUT2D eigenvalue weighted by molar-refractivity contribution is 6.22. The molecule has 0 bridgehead atoms. The van der Waals surface area contributed by atoms with E-state index in [0.717, 1.165) is 0 Å². The molecule has 9 N–H and O–H groups in total. The topological polar surface area (TPSA) is 190 Å². The van der Waals surface area contributed by atoms with E-state index in [-0.39, 0.29) is 29.7 Å². The number of amides is 1. The highest BCUT2D eigenvalue weighted by Gasteiger charge is 2.53. The van der Waals surface area contributed by atoms with Gasteiger partial charge in [-0.25, -0.2) is 0 Å². The van der Waals surface area contributed by atoms with Gasteiger partial charge >= 0.3 is 0 Å². The summed E-state index contributed by atoms with van der Waals surface area (Å²) in [5, 5.41) is 31.2. The van der Waals surface area contributed by atoms with Crippen molar-refractivity contribution in [1.29, 1.82) is 0 Å². The van der Waals surface area contributed by atoms with E-state index in [1.807, 2.05) is 0 Å². The number of phenols is 1. The molecule has 9 heteroatoms. The fourth-order valence-electron chi connectivity index (χ4n) is 4.73. The zero-order valence-electron chi connectivity index (χ0n) is 14.7. The number of ketones is 2. The van der Waals surface area contributed by atoms with Gasteiger partial charge in [-0.2, -0.15) is 0 Å². The molecule has 0 saturated heterocycles. The third-order valence-corrected chi connectivity index (χ3v) is 6.02. The Bertz CT molecular complexity index is 1020. The van der Waals surface area contributed by atoms with Gasteiger partial charge in [-0.15, -0.1) is 0 Å². The number of benzene rings is 1. The molecule has 4 rings (SSSR count). The molecule has 3 aliphatic carbocycles. The predicted molar refractivity (Wildman–Crippen MR) is 97.1 cm³/mol. The molecule has 0 spiro atoms. The fourth-order valence-corrected chi connectivity index (χ4v) is 4.73.